The van der Waals surface area contributed by atoms with Gasteiger partial charge < -0.3 is 10.3 Å². The number of hydrogen-bond donors (Lipinski definition) is 2. The van der Waals surface area contributed by atoms with Crippen LogP contribution in [0.4, 0.5) is 0 Å². The van der Waals surface area contributed by atoms with Crippen molar-refractivity contribution in [2.24, 2.45) is 0 Å². The summed E-state index contributed by atoms with van der Waals surface area (Å²) in [4.78, 5) is 13.6. The van der Waals surface area contributed by atoms with Crippen LogP contribution >= 0.6 is 11.3 Å². The number of nitrogens with one attached hydrogen (secondary N) is 2. The zero-order valence-corrected chi connectivity index (χ0v) is 12.7. The SMILES string of the molecule is Cc1ncsc1C(C)NC(C)c1nc2ccccc2[nH]1. The van der Waals surface area contributed by atoms with Crippen LogP contribution in [0.5, 0.6) is 0 Å². The van der Waals surface area contributed by atoms with Gasteiger partial charge in [-0.1, -0.05) is 12.1 Å². The van der Waals surface area contributed by atoms with Crippen LogP contribution < -0.4 is 5.32 Å². The number of nitrogens with zero attached hydrogens (tertiary/aromatic N) is 2. The van der Waals surface area contributed by atoms with E-state index in [-0.39, 0.29) is 12.1 Å². The summed E-state index contributed by atoms with van der Waals surface area (Å²) >= 11 is 1.70. The van der Waals surface area contributed by atoms with E-state index < -0.39 is 0 Å². The molecule has 5 heteroatoms. The number of thiazole rings is 1. The predicted molar refractivity (Wildman–Crippen MR) is 82.9 cm³/mol. The molecule has 0 bridgehead atoms. The van der Waals surface area contributed by atoms with Gasteiger partial charge in [0.25, 0.3) is 0 Å². The molecule has 0 spiro atoms. The van der Waals surface area contributed by atoms with Crippen molar-refractivity contribution >= 4 is 22.4 Å². The molecule has 0 amide bonds. The molecule has 0 saturated carbocycles. The van der Waals surface area contributed by atoms with E-state index in [1.54, 1.807) is 11.3 Å². The quantitative estimate of drug-likeness (QED) is 0.768. The summed E-state index contributed by atoms with van der Waals surface area (Å²) in [7, 11) is 0. The first kappa shape index (κ1) is 13.3. The number of imidazole rings is 1. The molecule has 20 heavy (non-hydrogen) atoms. The summed E-state index contributed by atoms with van der Waals surface area (Å²) in [5.74, 6) is 0.972. The predicted octanol–water partition coefficient (Wildman–Crippen LogP) is 3.74. The van der Waals surface area contributed by atoms with E-state index in [0.29, 0.717) is 0 Å². The van der Waals surface area contributed by atoms with E-state index >= 15 is 0 Å². The fourth-order valence-electron chi connectivity index (χ4n) is 2.43. The Hall–Kier alpha value is -1.72. The number of para-hydroxylation sites is 2. The number of aromatic amines is 1. The van der Waals surface area contributed by atoms with E-state index in [9.17, 15) is 0 Å². The molecule has 2 atom stereocenters. The number of aryl methyl sites for hydroxylation is 1. The molecule has 0 radical (unpaired) electrons. The summed E-state index contributed by atoms with van der Waals surface area (Å²) < 4.78 is 0. The Kier molecular flexibility index (Phi) is 3.54. The third kappa shape index (κ3) is 2.46. The van der Waals surface area contributed by atoms with Crippen molar-refractivity contribution in [1.29, 1.82) is 0 Å². The Morgan fingerprint density at radius 2 is 2.00 bits per heavy atom. The molecule has 3 rings (SSSR count). The molecule has 0 fully saturated rings. The summed E-state index contributed by atoms with van der Waals surface area (Å²) in [6.45, 7) is 6.35. The minimum atomic E-state index is 0.166. The molecule has 2 N–H and O–H groups in total. The van der Waals surface area contributed by atoms with Crippen LogP contribution in [0.3, 0.4) is 0 Å². The number of aromatic nitrogens is 3. The maximum absolute atomic E-state index is 4.64. The average Bonchev–Trinajstić information content (AvgIpc) is 3.04. The first-order valence-corrected chi connectivity index (χ1v) is 7.64. The number of H-pyrrole nitrogens is 1. The molecular formula is C15H18N4S. The van der Waals surface area contributed by atoms with Crippen LogP contribution in [-0.2, 0) is 0 Å². The van der Waals surface area contributed by atoms with Gasteiger partial charge in [0, 0.05) is 10.9 Å². The molecule has 2 aromatic heterocycles. The fraction of sp³-hybridized carbons (Fsp3) is 0.333. The Bertz CT molecular complexity index is 682. The first-order chi connectivity index (χ1) is 9.65. The summed E-state index contributed by atoms with van der Waals surface area (Å²) in [5.41, 5.74) is 5.09. The zero-order valence-electron chi connectivity index (χ0n) is 11.8. The molecule has 0 aliphatic heterocycles. The van der Waals surface area contributed by atoms with Crippen LogP contribution in [0.15, 0.2) is 29.8 Å². The van der Waals surface area contributed by atoms with E-state index in [1.165, 1.54) is 4.88 Å². The fourth-order valence-corrected chi connectivity index (χ4v) is 3.25. The topological polar surface area (TPSA) is 53.6 Å². The molecular weight excluding hydrogens is 268 g/mol. The van der Waals surface area contributed by atoms with Crippen molar-refractivity contribution in [2.75, 3.05) is 0 Å². The van der Waals surface area contributed by atoms with Gasteiger partial charge in [-0.3, -0.25) is 0 Å². The molecule has 0 aliphatic carbocycles. The Balaban J connectivity index is 1.79. The second-order valence-electron chi connectivity index (χ2n) is 5.05. The number of fused-ring (bicyclic) bond motifs is 1. The van der Waals surface area contributed by atoms with Crippen LogP contribution in [0.1, 0.15) is 42.3 Å². The van der Waals surface area contributed by atoms with Crippen molar-refractivity contribution in [3.8, 4) is 0 Å². The lowest BCUT2D eigenvalue weighted by molar-refractivity contribution is 0.483. The van der Waals surface area contributed by atoms with Crippen molar-refractivity contribution in [2.45, 2.75) is 32.9 Å². The molecule has 4 nitrogen and oxygen atoms in total. The average molecular weight is 286 g/mol. The van der Waals surface area contributed by atoms with Gasteiger partial charge >= 0.3 is 0 Å². The normalized spacial score (nSPS) is 14.6. The van der Waals surface area contributed by atoms with Gasteiger partial charge in [0.05, 0.1) is 28.3 Å². The van der Waals surface area contributed by atoms with Crippen LogP contribution in [-0.4, -0.2) is 15.0 Å². The third-order valence-electron chi connectivity index (χ3n) is 3.49. The molecule has 2 unspecified atom stereocenters. The highest BCUT2D eigenvalue weighted by molar-refractivity contribution is 7.09. The monoisotopic (exact) mass is 286 g/mol. The maximum atomic E-state index is 4.64. The second kappa shape index (κ2) is 5.34. The smallest absolute Gasteiger partial charge is 0.124 e. The lowest BCUT2D eigenvalue weighted by atomic mass is 10.2. The van der Waals surface area contributed by atoms with Gasteiger partial charge in [-0.15, -0.1) is 11.3 Å². The van der Waals surface area contributed by atoms with Gasteiger partial charge in [-0.05, 0) is 32.9 Å². The lowest BCUT2D eigenvalue weighted by Gasteiger charge is -2.17. The van der Waals surface area contributed by atoms with Crippen molar-refractivity contribution in [3.05, 3.63) is 46.2 Å². The Labute approximate surface area is 122 Å². The van der Waals surface area contributed by atoms with E-state index in [1.807, 2.05) is 23.7 Å². The van der Waals surface area contributed by atoms with Crippen LogP contribution in [0.2, 0.25) is 0 Å². The van der Waals surface area contributed by atoms with Gasteiger partial charge in [-0.25, -0.2) is 9.97 Å². The van der Waals surface area contributed by atoms with E-state index in [4.69, 9.17) is 0 Å². The van der Waals surface area contributed by atoms with E-state index in [2.05, 4.69) is 47.1 Å². The molecule has 3 aromatic rings. The minimum absolute atomic E-state index is 0.166. The summed E-state index contributed by atoms with van der Waals surface area (Å²) in [6, 6.07) is 8.54. The second-order valence-corrected chi connectivity index (χ2v) is 5.94. The van der Waals surface area contributed by atoms with Gasteiger partial charge in [0.1, 0.15) is 5.82 Å². The molecule has 104 valence electrons. The lowest BCUT2D eigenvalue weighted by Crippen LogP contribution is -2.23. The number of rotatable bonds is 4. The van der Waals surface area contributed by atoms with Crippen LogP contribution in [0.25, 0.3) is 11.0 Å². The highest BCUT2D eigenvalue weighted by Gasteiger charge is 2.16. The first-order valence-electron chi connectivity index (χ1n) is 6.76. The molecule has 0 saturated heterocycles. The van der Waals surface area contributed by atoms with E-state index in [0.717, 1.165) is 22.6 Å². The Morgan fingerprint density at radius 1 is 1.20 bits per heavy atom. The van der Waals surface area contributed by atoms with Crippen LogP contribution in [0, 0.1) is 6.92 Å². The standard InChI is InChI=1S/C15H18N4S/c1-9-14(20-8-16-9)10(2)17-11(3)15-18-12-6-4-5-7-13(12)19-15/h4-8,10-11,17H,1-3H3,(H,18,19). The van der Waals surface area contributed by atoms with Crippen molar-refractivity contribution < 1.29 is 0 Å². The molecule has 1 aromatic carbocycles. The number of hydrogen-bond acceptors (Lipinski definition) is 4. The minimum Gasteiger partial charge on any atom is -0.341 e. The van der Waals surface area contributed by atoms with Gasteiger partial charge in [-0.2, -0.15) is 0 Å². The third-order valence-corrected chi connectivity index (χ3v) is 4.61. The van der Waals surface area contributed by atoms with Gasteiger partial charge in [0.2, 0.25) is 0 Å². The maximum Gasteiger partial charge on any atom is 0.124 e. The zero-order chi connectivity index (χ0) is 14.1. The highest BCUT2D eigenvalue weighted by Crippen LogP contribution is 2.24. The summed E-state index contributed by atoms with van der Waals surface area (Å²) in [6.07, 6.45) is 0. The molecule has 0 aliphatic rings. The van der Waals surface area contributed by atoms with Crippen molar-refractivity contribution in [3.63, 3.8) is 0 Å². The number of benzene rings is 1. The highest BCUT2D eigenvalue weighted by atomic mass is 32.1. The van der Waals surface area contributed by atoms with Gasteiger partial charge in [0.15, 0.2) is 0 Å². The summed E-state index contributed by atoms with van der Waals surface area (Å²) in [5, 5.41) is 3.58. The largest absolute Gasteiger partial charge is 0.341 e. The Morgan fingerprint density at radius 3 is 2.70 bits per heavy atom. The van der Waals surface area contributed by atoms with Crippen molar-refractivity contribution in [1.82, 2.24) is 20.3 Å². The molecule has 2 heterocycles.